The van der Waals surface area contributed by atoms with Crippen LogP contribution in [0.4, 0.5) is 21.0 Å². The summed E-state index contributed by atoms with van der Waals surface area (Å²) in [5.41, 5.74) is 1.64. The minimum atomic E-state index is -1.23. The van der Waals surface area contributed by atoms with E-state index in [4.69, 9.17) is 9.47 Å². The summed E-state index contributed by atoms with van der Waals surface area (Å²) in [6, 6.07) is 17.8. The van der Waals surface area contributed by atoms with Gasteiger partial charge >= 0.3 is 18.2 Å². The van der Waals surface area contributed by atoms with Gasteiger partial charge in [0.2, 0.25) is 0 Å². The van der Waals surface area contributed by atoms with Crippen LogP contribution in [0.15, 0.2) is 66.7 Å². The molecule has 3 aromatic rings. The highest BCUT2D eigenvalue weighted by Crippen LogP contribution is 2.22. The van der Waals surface area contributed by atoms with Gasteiger partial charge in [-0.2, -0.15) is 0 Å². The average Bonchev–Trinajstić information content (AvgIpc) is 2.71. The Bertz CT molecular complexity index is 1060. The molecular formula is C23H20N2O6. The number of aromatic carboxylic acids is 1. The minimum Gasteiger partial charge on any atom is -0.478 e. The Labute approximate surface area is 178 Å². The van der Waals surface area contributed by atoms with E-state index in [0.29, 0.717) is 11.5 Å². The summed E-state index contributed by atoms with van der Waals surface area (Å²) in [6.45, 7) is 3.57. The first-order chi connectivity index (χ1) is 14.8. The van der Waals surface area contributed by atoms with Crippen molar-refractivity contribution in [3.63, 3.8) is 0 Å². The minimum absolute atomic E-state index is 0.129. The van der Waals surface area contributed by atoms with Gasteiger partial charge in [-0.25, -0.2) is 14.4 Å². The van der Waals surface area contributed by atoms with E-state index in [2.05, 4.69) is 10.6 Å². The van der Waals surface area contributed by atoms with E-state index in [9.17, 15) is 19.5 Å². The molecule has 0 unspecified atom stereocenters. The SMILES string of the molecule is Cc1ccccc1OC(=O)Nc1cc(NC(=O)Oc2ccccc2C)cc(C(=O)O)c1. The molecule has 3 rings (SSSR count). The molecule has 0 aromatic heterocycles. The number of hydrogen-bond donors (Lipinski definition) is 3. The Kier molecular flexibility index (Phi) is 6.51. The maximum absolute atomic E-state index is 12.2. The van der Waals surface area contributed by atoms with Crippen LogP contribution in [-0.4, -0.2) is 23.3 Å². The third kappa shape index (κ3) is 5.83. The summed E-state index contributed by atoms with van der Waals surface area (Å²) in [5.74, 6) is -0.490. The van der Waals surface area contributed by atoms with Crippen molar-refractivity contribution >= 4 is 29.5 Å². The summed E-state index contributed by atoms with van der Waals surface area (Å²) in [4.78, 5) is 35.9. The predicted molar refractivity (Wildman–Crippen MR) is 115 cm³/mol. The highest BCUT2D eigenvalue weighted by molar-refractivity contribution is 5.96. The Hall–Kier alpha value is -4.33. The van der Waals surface area contributed by atoms with E-state index in [1.54, 1.807) is 50.2 Å². The first kappa shape index (κ1) is 21.4. The van der Waals surface area contributed by atoms with E-state index in [-0.39, 0.29) is 16.9 Å². The van der Waals surface area contributed by atoms with Gasteiger partial charge in [0, 0.05) is 11.4 Å². The number of carbonyl (C=O) groups excluding carboxylic acids is 2. The van der Waals surface area contributed by atoms with Gasteiger partial charge in [-0.15, -0.1) is 0 Å². The third-order valence-corrected chi connectivity index (χ3v) is 4.27. The summed E-state index contributed by atoms with van der Waals surface area (Å²) in [6.07, 6.45) is -1.60. The molecule has 0 aliphatic carbocycles. The maximum Gasteiger partial charge on any atom is 0.417 e. The number of hydrogen-bond acceptors (Lipinski definition) is 5. The first-order valence-corrected chi connectivity index (χ1v) is 9.29. The van der Waals surface area contributed by atoms with Crippen LogP contribution in [-0.2, 0) is 0 Å². The van der Waals surface area contributed by atoms with Gasteiger partial charge in [0.1, 0.15) is 11.5 Å². The van der Waals surface area contributed by atoms with Crippen LogP contribution in [0.2, 0.25) is 0 Å². The molecule has 0 heterocycles. The van der Waals surface area contributed by atoms with Gasteiger partial charge in [-0.1, -0.05) is 36.4 Å². The van der Waals surface area contributed by atoms with Gasteiger partial charge in [-0.3, -0.25) is 10.6 Å². The van der Waals surface area contributed by atoms with Gasteiger partial charge in [0.15, 0.2) is 0 Å². The van der Waals surface area contributed by atoms with Crippen molar-refractivity contribution in [3.8, 4) is 11.5 Å². The lowest BCUT2D eigenvalue weighted by Crippen LogP contribution is -2.19. The second-order valence-corrected chi connectivity index (χ2v) is 6.66. The fraction of sp³-hybridized carbons (Fsp3) is 0.0870. The van der Waals surface area contributed by atoms with Crippen LogP contribution in [0.1, 0.15) is 21.5 Å². The normalized spacial score (nSPS) is 10.1. The van der Waals surface area contributed by atoms with Crippen molar-refractivity contribution in [1.29, 1.82) is 0 Å². The maximum atomic E-state index is 12.2. The number of para-hydroxylation sites is 2. The molecule has 8 nitrogen and oxygen atoms in total. The number of carboxylic acid groups (broad SMARTS) is 1. The van der Waals surface area contributed by atoms with Crippen LogP contribution < -0.4 is 20.1 Å². The number of aryl methyl sites for hydroxylation is 2. The second kappa shape index (κ2) is 9.45. The zero-order chi connectivity index (χ0) is 22.4. The Morgan fingerprint density at radius 2 is 1.13 bits per heavy atom. The van der Waals surface area contributed by atoms with E-state index >= 15 is 0 Å². The molecule has 8 heteroatoms. The molecule has 0 aliphatic rings. The number of anilines is 2. The Balaban J connectivity index is 1.75. The molecule has 0 atom stereocenters. The molecule has 2 amide bonds. The van der Waals surface area contributed by atoms with Crippen molar-refractivity contribution < 1.29 is 29.0 Å². The van der Waals surface area contributed by atoms with Crippen LogP contribution in [0, 0.1) is 13.8 Å². The van der Waals surface area contributed by atoms with Crippen LogP contribution >= 0.6 is 0 Å². The van der Waals surface area contributed by atoms with Crippen LogP contribution in [0.3, 0.4) is 0 Å². The summed E-state index contributed by atoms with van der Waals surface area (Å²) in [7, 11) is 0. The highest BCUT2D eigenvalue weighted by Gasteiger charge is 2.14. The van der Waals surface area contributed by atoms with Crippen LogP contribution in [0.5, 0.6) is 11.5 Å². The standard InChI is InChI=1S/C23H20N2O6/c1-14-7-3-5-9-19(14)30-22(28)24-17-11-16(21(26)27)12-18(13-17)25-23(29)31-20-10-6-4-8-15(20)2/h3-13H,1-2H3,(H,24,28)(H,25,29)(H,26,27). The zero-order valence-electron chi connectivity index (χ0n) is 16.8. The van der Waals surface area contributed by atoms with Gasteiger partial charge in [0.05, 0.1) is 5.56 Å². The molecule has 0 bridgehead atoms. The second-order valence-electron chi connectivity index (χ2n) is 6.66. The lowest BCUT2D eigenvalue weighted by atomic mass is 10.1. The van der Waals surface area contributed by atoms with Gasteiger partial charge in [-0.05, 0) is 55.3 Å². The monoisotopic (exact) mass is 420 g/mol. The fourth-order valence-electron chi connectivity index (χ4n) is 2.72. The van der Waals surface area contributed by atoms with Gasteiger partial charge < -0.3 is 14.6 Å². The number of amides is 2. The Morgan fingerprint density at radius 1 is 0.710 bits per heavy atom. The molecule has 0 saturated heterocycles. The summed E-state index contributed by atoms with van der Waals surface area (Å²) < 4.78 is 10.5. The topological polar surface area (TPSA) is 114 Å². The quantitative estimate of drug-likeness (QED) is 0.521. The molecule has 158 valence electrons. The first-order valence-electron chi connectivity index (χ1n) is 9.29. The zero-order valence-corrected chi connectivity index (χ0v) is 16.8. The van der Waals surface area contributed by atoms with Crippen molar-refractivity contribution in [1.82, 2.24) is 0 Å². The number of nitrogens with one attached hydrogen (secondary N) is 2. The molecular weight excluding hydrogens is 400 g/mol. The summed E-state index contributed by atoms with van der Waals surface area (Å²) >= 11 is 0. The van der Waals surface area contributed by atoms with E-state index in [1.165, 1.54) is 18.2 Å². The van der Waals surface area contributed by atoms with E-state index in [1.807, 2.05) is 12.1 Å². The number of ether oxygens (including phenoxy) is 2. The molecule has 0 fully saturated rings. The van der Waals surface area contributed by atoms with Crippen molar-refractivity contribution in [3.05, 3.63) is 83.4 Å². The Morgan fingerprint density at radius 3 is 1.52 bits per heavy atom. The van der Waals surface area contributed by atoms with E-state index < -0.39 is 18.2 Å². The predicted octanol–water partition coefficient (Wildman–Crippen LogP) is 5.22. The summed E-state index contributed by atoms with van der Waals surface area (Å²) in [5, 5.41) is 14.3. The number of carboxylic acids is 1. The fourth-order valence-corrected chi connectivity index (χ4v) is 2.72. The van der Waals surface area contributed by atoms with Crippen molar-refractivity contribution in [2.24, 2.45) is 0 Å². The average molecular weight is 420 g/mol. The highest BCUT2D eigenvalue weighted by atomic mass is 16.6. The molecule has 31 heavy (non-hydrogen) atoms. The van der Waals surface area contributed by atoms with Gasteiger partial charge in [0.25, 0.3) is 0 Å². The largest absolute Gasteiger partial charge is 0.478 e. The number of carbonyl (C=O) groups is 3. The van der Waals surface area contributed by atoms with Crippen molar-refractivity contribution in [2.75, 3.05) is 10.6 Å². The molecule has 3 aromatic carbocycles. The lowest BCUT2D eigenvalue weighted by molar-refractivity contribution is 0.0696. The van der Waals surface area contributed by atoms with E-state index in [0.717, 1.165) is 11.1 Å². The van der Waals surface area contributed by atoms with Crippen molar-refractivity contribution in [2.45, 2.75) is 13.8 Å². The lowest BCUT2D eigenvalue weighted by Gasteiger charge is -2.12. The smallest absolute Gasteiger partial charge is 0.417 e. The molecule has 0 saturated carbocycles. The molecule has 0 spiro atoms. The molecule has 0 aliphatic heterocycles. The molecule has 3 N–H and O–H groups in total. The molecule has 0 radical (unpaired) electrons. The number of rotatable bonds is 5. The van der Waals surface area contributed by atoms with Crippen LogP contribution in [0.25, 0.3) is 0 Å². The number of benzene rings is 3. The third-order valence-electron chi connectivity index (χ3n) is 4.27.